The summed E-state index contributed by atoms with van der Waals surface area (Å²) in [6, 6.07) is 9.75. The van der Waals surface area contributed by atoms with Crippen LogP contribution in [-0.4, -0.2) is 34.7 Å². The van der Waals surface area contributed by atoms with E-state index in [-0.39, 0.29) is 12.0 Å². The van der Waals surface area contributed by atoms with Gasteiger partial charge in [-0.15, -0.1) is 0 Å². The number of hydrogen-bond acceptors (Lipinski definition) is 5. The van der Waals surface area contributed by atoms with Crippen LogP contribution < -0.4 is 0 Å². The lowest BCUT2D eigenvalue weighted by atomic mass is 9.96. The molecular formula is C17H18N2O4. The summed E-state index contributed by atoms with van der Waals surface area (Å²) in [5.41, 5.74) is 2.02. The van der Waals surface area contributed by atoms with Gasteiger partial charge in [-0.25, -0.2) is 14.6 Å². The maximum absolute atomic E-state index is 12.4. The Kier molecular flexibility index (Phi) is 3.90. The Morgan fingerprint density at radius 1 is 1.35 bits per heavy atom. The molecule has 0 N–H and O–H groups in total. The van der Waals surface area contributed by atoms with Crippen LogP contribution in [0.25, 0.3) is 0 Å². The van der Waals surface area contributed by atoms with E-state index < -0.39 is 18.0 Å². The summed E-state index contributed by atoms with van der Waals surface area (Å²) >= 11 is 0. The molecule has 23 heavy (non-hydrogen) atoms. The van der Waals surface area contributed by atoms with Gasteiger partial charge in [-0.05, 0) is 12.5 Å². The second-order valence-corrected chi connectivity index (χ2v) is 5.61. The second kappa shape index (κ2) is 5.87. The van der Waals surface area contributed by atoms with Crippen LogP contribution >= 0.6 is 0 Å². The van der Waals surface area contributed by atoms with Crippen LogP contribution in [0.15, 0.2) is 36.7 Å². The van der Waals surface area contributed by atoms with Crippen LogP contribution in [0, 0.1) is 0 Å². The summed E-state index contributed by atoms with van der Waals surface area (Å²) in [5.74, 6) is -1.46. The molecule has 1 aliphatic rings. The maximum Gasteiger partial charge on any atom is 0.357 e. The van der Waals surface area contributed by atoms with Crippen molar-refractivity contribution in [1.82, 2.24) is 9.55 Å². The predicted molar refractivity (Wildman–Crippen MR) is 82.1 cm³/mol. The van der Waals surface area contributed by atoms with Crippen LogP contribution in [0.2, 0.25) is 0 Å². The molecular weight excluding hydrogens is 296 g/mol. The molecule has 1 aromatic carbocycles. The largest absolute Gasteiger partial charge is 0.466 e. The summed E-state index contributed by atoms with van der Waals surface area (Å²) in [6.45, 7) is 3.79. The Bertz CT molecular complexity index is 738. The number of cyclic esters (lactones) is 1. The molecule has 1 unspecified atom stereocenters. The Balaban J connectivity index is 2.00. The van der Waals surface area contributed by atoms with Crippen molar-refractivity contribution in [1.29, 1.82) is 0 Å². The number of hydrogen-bond donors (Lipinski definition) is 0. The first kappa shape index (κ1) is 15.3. The SMILES string of the molecule is COC(=O)[C@H]1OC(=O)c2c(ncn2[C@H](C)c2ccccc2)C1C. The van der Waals surface area contributed by atoms with Crippen LogP contribution in [0.5, 0.6) is 0 Å². The van der Waals surface area contributed by atoms with Gasteiger partial charge < -0.3 is 14.0 Å². The van der Waals surface area contributed by atoms with Crippen molar-refractivity contribution in [2.75, 3.05) is 7.11 Å². The summed E-state index contributed by atoms with van der Waals surface area (Å²) < 4.78 is 11.8. The Labute approximate surface area is 134 Å². The van der Waals surface area contributed by atoms with E-state index in [0.29, 0.717) is 11.4 Å². The Morgan fingerprint density at radius 3 is 2.70 bits per heavy atom. The molecule has 3 rings (SSSR count). The minimum atomic E-state index is -0.949. The number of rotatable bonds is 3. The van der Waals surface area contributed by atoms with Crippen molar-refractivity contribution in [3.8, 4) is 0 Å². The van der Waals surface area contributed by atoms with Crippen molar-refractivity contribution in [3.63, 3.8) is 0 Å². The molecule has 0 fully saturated rings. The van der Waals surface area contributed by atoms with Gasteiger partial charge in [0.15, 0.2) is 5.69 Å². The van der Waals surface area contributed by atoms with Crippen LogP contribution in [0.4, 0.5) is 0 Å². The van der Waals surface area contributed by atoms with Crippen molar-refractivity contribution in [3.05, 3.63) is 53.6 Å². The number of carbonyl (C=O) groups excluding carboxylic acids is 2. The molecule has 2 aromatic rings. The standard InChI is InChI=1S/C17H18N2O4/c1-10-13-14(16(20)23-15(10)17(21)22-3)19(9-18-13)11(2)12-7-5-4-6-8-12/h4-11,15H,1-3H3/t10?,11-,15+/m1/s1. The van der Waals surface area contributed by atoms with Gasteiger partial charge in [0.25, 0.3) is 0 Å². The number of fused-ring (bicyclic) bond motifs is 1. The molecule has 1 aromatic heterocycles. The second-order valence-electron chi connectivity index (χ2n) is 5.61. The zero-order valence-electron chi connectivity index (χ0n) is 13.2. The van der Waals surface area contributed by atoms with E-state index in [1.165, 1.54) is 7.11 Å². The number of ether oxygens (including phenoxy) is 2. The van der Waals surface area contributed by atoms with Gasteiger partial charge in [0.2, 0.25) is 6.10 Å². The number of aromatic nitrogens is 2. The fourth-order valence-electron chi connectivity index (χ4n) is 2.89. The lowest BCUT2D eigenvalue weighted by Crippen LogP contribution is -2.38. The number of methoxy groups -OCH3 is 1. The molecule has 0 bridgehead atoms. The Morgan fingerprint density at radius 2 is 2.04 bits per heavy atom. The van der Waals surface area contributed by atoms with Gasteiger partial charge in [-0.3, -0.25) is 0 Å². The van der Waals surface area contributed by atoms with E-state index in [0.717, 1.165) is 5.56 Å². The molecule has 0 saturated heterocycles. The molecule has 3 atom stereocenters. The van der Waals surface area contributed by atoms with E-state index in [1.807, 2.05) is 37.3 Å². The van der Waals surface area contributed by atoms with E-state index in [4.69, 9.17) is 9.47 Å². The van der Waals surface area contributed by atoms with Gasteiger partial charge in [0, 0.05) is 5.92 Å². The van der Waals surface area contributed by atoms with Gasteiger partial charge >= 0.3 is 11.9 Å². The summed E-state index contributed by atoms with van der Waals surface area (Å²) in [4.78, 5) is 28.5. The zero-order chi connectivity index (χ0) is 16.6. The minimum Gasteiger partial charge on any atom is -0.466 e. The molecule has 2 heterocycles. The maximum atomic E-state index is 12.4. The quantitative estimate of drug-likeness (QED) is 0.813. The molecule has 0 spiro atoms. The first-order valence-electron chi connectivity index (χ1n) is 7.45. The van der Waals surface area contributed by atoms with Crippen molar-refractivity contribution >= 4 is 11.9 Å². The highest BCUT2D eigenvalue weighted by atomic mass is 16.6. The summed E-state index contributed by atoms with van der Waals surface area (Å²) in [6.07, 6.45) is 0.676. The monoisotopic (exact) mass is 314 g/mol. The fraction of sp³-hybridized carbons (Fsp3) is 0.353. The van der Waals surface area contributed by atoms with Crippen LogP contribution in [0.3, 0.4) is 0 Å². The van der Waals surface area contributed by atoms with Gasteiger partial charge in [-0.1, -0.05) is 37.3 Å². The molecule has 120 valence electrons. The molecule has 1 aliphatic heterocycles. The fourth-order valence-corrected chi connectivity index (χ4v) is 2.89. The van der Waals surface area contributed by atoms with Crippen LogP contribution in [0.1, 0.15) is 47.6 Å². The molecule has 0 radical (unpaired) electrons. The van der Waals surface area contributed by atoms with Crippen LogP contribution in [-0.2, 0) is 14.3 Å². The van der Waals surface area contributed by atoms with E-state index in [1.54, 1.807) is 17.8 Å². The van der Waals surface area contributed by atoms with Crippen molar-refractivity contribution in [2.24, 2.45) is 0 Å². The van der Waals surface area contributed by atoms with Gasteiger partial charge in [0.05, 0.1) is 25.2 Å². The Hall–Kier alpha value is -2.63. The highest BCUT2D eigenvalue weighted by Crippen LogP contribution is 2.33. The number of nitrogens with zero attached hydrogens (tertiary/aromatic N) is 2. The normalized spacial score (nSPS) is 21.3. The van der Waals surface area contributed by atoms with Gasteiger partial charge in [0.1, 0.15) is 0 Å². The molecule has 6 nitrogen and oxygen atoms in total. The van der Waals surface area contributed by atoms with Crippen molar-refractivity contribution < 1.29 is 19.1 Å². The third kappa shape index (κ3) is 2.50. The number of imidazole rings is 1. The summed E-state index contributed by atoms with van der Waals surface area (Å²) in [5, 5.41) is 0. The lowest BCUT2D eigenvalue weighted by molar-refractivity contribution is -0.152. The smallest absolute Gasteiger partial charge is 0.357 e. The molecule has 6 heteroatoms. The average Bonchev–Trinajstić information content (AvgIpc) is 3.03. The van der Waals surface area contributed by atoms with Crippen molar-refractivity contribution in [2.45, 2.75) is 31.9 Å². The third-order valence-electron chi connectivity index (χ3n) is 4.27. The van der Waals surface area contributed by atoms with E-state index in [2.05, 4.69) is 4.98 Å². The van der Waals surface area contributed by atoms with E-state index in [9.17, 15) is 9.59 Å². The highest BCUT2D eigenvalue weighted by molar-refractivity contribution is 5.93. The first-order chi connectivity index (χ1) is 11.0. The third-order valence-corrected chi connectivity index (χ3v) is 4.27. The average molecular weight is 314 g/mol. The minimum absolute atomic E-state index is 0.0677. The lowest BCUT2D eigenvalue weighted by Gasteiger charge is -2.27. The predicted octanol–water partition coefficient (Wildman–Crippen LogP) is 2.31. The number of carbonyl (C=O) groups is 2. The first-order valence-corrected chi connectivity index (χ1v) is 7.45. The van der Waals surface area contributed by atoms with Gasteiger partial charge in [-0.2, -0.15) is 0 Å². The molecule has 0 amide bonds. The molecule has 0 saturated carbocycles. The van der Waals surface area contributed by atoms with E-state index >= 15 is 0 Å². The summed E-state index contributed by atoms with van der Waals surface area (Å²) in [7, 11) is 1.27. The zero-order valence-corrected chi connectivity index (χ0v) is 13.2. The number of esters is 2. The number of benzene rings is 1. The molecule has 0 aliphatic carbocycles. The highest BCUT2D eigenvalue weighted by Gasteiger charge is 2.41. The topological polar surface area (TPSA) is 70.4 Å².